The zero-order chi connectivity index (χ0) is 20.1. The highest BCUT2D eigenvalue weighted by Gasteiger charge is 2.19. The molecule has 0 saturated heterocycles. The van der Waals surface area contributed by atoms with Gasteiger partial charge >= 0.3 is 0 Å². The Morgan fingerprint density at radius 3 is 2.48 bits per heavy atom. The van der Waals surface area contributed by atoms with Crippen molar-refractivity contribution in [3.05, 3.63) is 60.5 Å². The van der Waals surface area contributed by atoms with Crippen LogP contribution in [0.15, 0.2) is 44.9 Å². The molecular weight excluding hydrogens is 486 g/mol. The monoisotopic (exact) mass is 495 g/mol. The molecule has 8 nitrogen and oxygen atoms in total. The van der Waals surface area contributed by atoms with Crippen LogP contribution < -0.4 is 10.1 Å². The predicted molar refractivity (Wildman–Crippen MR) is 105 cm³/mol. The summed E-state index contributed by atoms with van der Waals surface area (Å²) >= 11 is 6.32. The number of carbonyl (C=O) groups excluding carboxylic acids is 1. The van der Waals surface area contributed by atoms with Gasteiger partial charge in [-0.15, -0.1) is 0 Å². The fourth-order valence-corrected chi connectivity index (χ4v) is 3.29. The summed E-state index contributed by atoms with van der Waals surface area (Å²) in [4.78, 5) is 22.9. The molecule has 0 spiro atoms. The number of anilines is 1. The predicted octanol–water partition coefficient (Wildman–Crippen LogP) is 4.38. The van der Waals surface area contributed by atoms with Crippen molar-refractivity contribution in [1.82, 2.24) is 0 Å². The maximum atomic E-state index is 12.4. The summed E-state index contributed by atoms with van der Waals surface area (Å²) in [7, 11) is 1.36. The Hall–Kier alpha value is -2.90. The van der Waals surface area contributed by atoms with E-state index in [9.17, 15) is 25.3 Å². The lowest BCUT2D eigenvalue weighted by Crippen LogP contribution is -2.14. The van der Waals surface area contributed by atoms with E-state index in [0.717, 1.165) is 0 Å². The van der Waals surface area contributed by atoms with Crippen molar-refractivity contribution >= 4 is 55.2 Å². The van der Waals surface area contributed by atoms with E-state index in [1.807, 2.05) is 0 Å². The van der Waals surface area contributed by atoms with Gasteiger partial charge in [-0.2, -0.15) is 5.26 Å². The molecule has 0 fully saturated rings. The lowest BCUT2D eigenvalue weighted by atomic mass is 10.1. The van der Waals surface area contributed by atoms with Gasteiger partial charge in [-0.25, -0.2) is 0 Å². The topological polar surface area (TPSA) is 125 Å². The number of amides is 1. The van der Waals surface area contributed by atoms with Crippen molar-refractivity contribution in [2.24, 2.45) is 0 Å². The third kappa shape index (κ3) is 4.84. The maximum Gasteiger partial charge on any atom is 0.296 e. The average molecular weight is 497 g/mol. The van der Waals surface area contributed by atoms with E-state index in [0.29, 0.717) is 14.5 Å². The minimum Gasteiger partial charge on any atom is -0.506 e. The molecule has 0 unspecified atom stereocenters. The molecule has 0 radical (unpaired) electrons. The highest BCUT2D eigenvalue weighted by Crippen LogP contribution is 2.34. The SMILES string of the molecule is COc1ccc(NC(=O)/C(C#N)=C\c2cc(Br)c(O)c(Br)c2)c([N+](=O)[O-])c1. The summed E-state index contributed by atoms with van der Waals surface area (Å²) < 4.78 is 5.67. The van der Waals surface area contributed by atoms with Crippen LogP contribution in [0.4, 0.5) is 11.4 Å². The van der Waals surface area contributed by atoms with Crippen LogP contribution in [0.5, 0.6) is 11.5 Å². The first-order chi connectivity index (χ1) is 12.8. The molecule has 10 heteroatoms. The molecule has 0 heterocycles. The molecule has 1 amide bonds. The van der Waals surface area contributed by atoms with Gasteiger partial charge in [-0.1, -0.05) is 0 Å². The molecule has 2 N–H and O–H groups in total. The number of halogens is 2. The summed E-state index contributed by atoms with van der Waals surface area (Å²) in [5.41, 5.74) is -0.248. The van der Waals surface area contributed by atoms with Crippen molar-refractivity contribution < 1.29 is 19.6 Å². The molecule has 0 aliphatic carbocycles. The minimum absolute atomic E-state index is 0.0241. The van der Waals surface area contributed by atoms with E-state index >= 15 is 0 Å². The van der Waals surface area contributed by atoms with Gasteiger partial charge in [0.2, 0.25) is 0 Å². The molecule has 2 aromatic rings. The minimum atomic E-state index is -0.814. The number of nitro benzene ring substituents is 1. The number of nitrogens with zero attached hydrogens (tertiary/aromatic N) is 2. The van der Waals surface area contributed by atoms with E-state index < -0.39 is 10.8 Å². The molecule has 0 aliphatic rings. The molecule has 2 rings (SSSR count). The van der Waals surface area contributed by atoms with Crippen LogP contribution in [-0.4, -0.2) is 23.0 Å². The van der Waals surface area contributed by atoms with Gasteiger partial charge < -0.3 is 15.2 Å². The first kappa shape index (κ1) is 20.4. The normalized spacial score (nSPS) is 10.8. The van der Waals surface area contributed by atoms with Crippen molar-refractivity contribution in [1.29, 1.82) is 5.26 Å². The van der Waals surface area contributed by atoms with Crippen LogP contribution >= 0.6 is 31.9 Å². The van der Waals surface area contributed by atoms with Gasteiger partial charge in [0.05, 0.1) is 27.0 Å². The van der Waals surface area contributed by atoms with Crippen LogP contribution in [0.25, 0.3) is 6.08 Å². The second-order valence-electron chi connectivity index (χ2n) is 5.10. The zero-order valence-electron chi connectivity index (χ0n) is 13.7. The first-order valence-electron chi connectivity index (χ1n) is 7.20. The molecule has 0 aromatic heterocycles. The number of rotatable bonds is 5. The summed E-state index contributed by atoms with van der Waals surface area (Å²) in [6.07, 6.45) is 1.29. The molecule has 27 heavy (non-hydrogen) atoms. The first-order valence-corrected chi connectivity index (χ1v) is 8.79. The van der Waals surface area contributed by atoms with Crippen LogP contribution in [0, 0.1) is 21.4 Å². The molecule has 0 atom stereocenters. The average Bonchev–Trinajstić information content (AvgIpc) is 2.63. The molecule has 0 bridgehead atoms. The van der Waals surface area contributed by atoms with Crippen LogP contribution in [0.2, 0.25) is 0 Å². The van der Waals surface area contributed by atoms with Gasteiger partial charge in [0, 0.05) is 0 Å². The molecule has 138 valence electrons. The van der Waals surface area contributed by atoms with Crippen molar-refractivity contribution in [2.75, 3.05) is 12.4 Å². The van der Waals surface area contributed by atoms with E-state index in [1.165, 1.54) is 43.5 Å². The highest BCUT2D eigenvalue weighted by atomic mass is 79.9. The number of methoxy groups -OCH3 is 1. The summed E-state index contributed by atoms with van der Waals surface area (Å²) in [5.74, 6) is -0.579. The fraction of sp³-hybridized carbons (Fsp3) is 0.0588. The number of benzene rings is 2. The van der Waals surface area contributed by atoms with Crippen LogP contribution in [0.1, 0.15) is 5.56 Å². The number of hydrogen-bond donors (Lipinski definition) is 2. The number of nitro groups is 1. The Kier molecular flexibility index (Phi) is 6.55. The van der Waals surface area contributed by atoms with Gasteiger partial charge in [0.25, 0.3) is 11.6 Å². The molecule has 0 saturated carbocycles. The van der Waals surface area contributed by atoms with E-state index in [1.54, 1.807) is 6.07 Å². The van der Waals surface area contributed by atoms with Gasteiger partial charge in [0.15, 0.2) is 0 Å². The Labute approximate surface area is 170 Å². The molecule has 2 aromatic carbocycles. The number of nitriles is 1. The number of nitrogens with one attached hydrogen (secondary N) is 1. The molecular formula is C17H11Br2N3O5. The number of phenols is 1. The van der Waals surface area contributed by atoms with Crippen molar-refractivity contribution in [2.45, 2.75) is 0 Å². The van der Waals surface area contributed by atoms with Crippen molar-refractivity contribution in [3.63, 3.8) is 0 Å². The summed E-state index contributed by atoms with van der Waals surface area (Å²) in [5, 5.41) is 32.6. The quantitative estimate of drug-likeness (QED) is 0.274. The fourth-order valence-electron chi connectivity index (χ4n) is 2.07. The van der Waals surface area contributed by atoms with Crippen LogP contribution in [0.3, 0.4) is 0 Å². The lowest BCUT2D eigenvalue weighted by Gasteiger charge is -2.07. The number of carbonyl (C=O) groups is 1. The second-order valence-corrected chi connectivity index (χ2v) is 6.81. The smallest absolute Gasteiger partial charge is 0.296 e. The standard InChI is InChI=1S/C17H11Br2N3O5/c1-27-11-2-3-14(15(7-11)22(25)26)21-17(24)10(8-20)4-9-5-12(18)16(23)13(19)6-9/h2-7,23H,1H3,(H,21,24)/b10-4-. The third-order valence-electron chi connectivity index (χ3n) is 3.37. The highest BCUT2D eigenvalue weighted by molar-refractivity contribution is 9.11. The van der Waals surface area contributed by atoms with E-state index in [4.69, 9.17) is 4.74 Å². The van der Waals surface area contributed by atoms with E-state index in [2.05, 4.69) is 37.2 Å². The van der Waals surface area contributed by atoms with Gasteiger partial charge in [-0.3, -0.25) is 14.9 Å². The number of hydrogen-bond acceptors (Lipinski definition) is 6. The number of ether oxygens (including phenoxy) is 1. The van der Waals surface area contributed by atoms with E-state index in [-0.39, 0.29) is 28.4 Å². The Morgan fingerprint density at radius 1 is 1.33 bits per heavy atom. The van der Waals surface area contributed by atoms with Gasteiger partial charge in [-0.05, 0) is 67.8 Å². The number of phenolic OH excluding ortho intramolecular Hbond substituents is 1. The van der Waals surface area contributed by atoms with Crippen molar-refractivity contribution in [3.8, 4) is 17.6 Å². The van der Waals surface area contributed by atoms with Gasteiger partial charge in [0.1, 0.15) is 28.8 Å². The second kappa shape index (κ2) is 8.66. The van der Waals surface area contributed by atoms with Crippen LogP contribution in [-0.2, 0) is 4.79 Å². The largest absolute Gasteiger partial charge is 0.506 e. The molecule has 0 aliphatic heterocycles. The number of aromatic hydroxyl groups is 1. The Morgan fingerprint density at radius 2 is 1.96 bits per heavy atom. The Balaban J connectivity index is 2.36. The lowest BCUT2D eigenvalue weighted by molar-refractivity contribution is -0.384. The Bertz CT molecular complexity index is 976. The maximum absolute atomic E-state index is 12.4. The summed E-state index contributed by atoms with van der Waals surface area (Å²) in [6, 6.07) is 8.72. The third-order valence-corrected chi connectivity index (χ3v) is 4.57. The zero-order valence-corrected chi connectivity index (χ0v) is 16.9. The summed E-state index contributed by atoms with van der Waals surface area (Å²) in [6.45, 7) is 0.